The van der Waals surface area contributed by atoms with E-state index in [-0.39, 0.29) is 0 Å². The molecule has 0 saturated carbocycles. The second-order valence-electron chi connectivity index (χ2n) is 10.0. The first-order valence-corrected chi connectivity index (χ1v) is 13.0. The summed E-state index contributed by atoms with van der Waals surface area (Å²) in [6.45, 7) is 3.21. The van der Waals surface area contributed by atoms with Crippen LogP contribution in [-0.2, 0) is 13.5 Å². The molecule has 0 aliphatic carbocycles. The van der Waals surface area contributed by atoms with Crippen LogP contribution in [0.25, 0.3) is 44.3 Å². The third-order valence-corrected chi connectivity index (χ3v) is 7.76. The minimum absolute atomic E-state index is 0.956. The molecule has 0 atom stereocenters. The maximum Gasteiger partial charge on any atom is 0.216 e. The van der Waals surface area contributed by atoms with Crippen LogP contribution in [0.4, 0.5) is 11.4 Å². The molecule has 1 aliphatic heterocycles. The molecule has 2 aromatic heterocycles. The Morgan fingerprint density at radius 1 is 0.784 bits per heavy atom. The van der Waals surface area contributed by atoms with Crippen LogP contribution in [0, 0.1) is 6.92 Å². The fourth-order valence-electron chi connectivity index (χ4n) is 5.93. The van der Waals surface area contributed by atoms with Gasteiger partial charge in [0.2, 0.25) is 5.69 Å². The van der Waals surface area contributed by atoms with Crippen molar-refractivity contribution in [2.45, 2.75) is 19.8 Å². The summed E-state index contributed by atoms with van der Waals surface area (Å²) in [6, 6.07) is 34.9. The zero-order chi connectivity index (χ0) is 24.9. The molecule has 4 aromatic carbocycles. The number of anilines is 2. The van der Waals surface area contributed by atoms with Gasteiger partial charge in [0, 0.05) is 46.4 Å². The topological polar surface area (TPSA) is 20.3 Å². The van der Waals surface area contributed by atoms with Crippen molar-refractivity contribution in [1.82, 2.24) is 0 Å². The Balaban J connectivity index is 1.40. The molecule has 0 spiro atoms. The SMILES string of the molecule is Cc1ccc2c(oc3c(-c4ccc5c(c4)CCCN5c4ccccc4)cccc32)c1-c1cccc[n+]1C. The molecule has 0 bridgehead atoms. The highest BCUT2D eigenvalue weighted by molar-refractivity contribution is 6.13. The van der Waals surface area contributed by atoms with E-state index < -0.39 is 0 Å². The van der Waals surface area contributed by atoms with Gasteiger partial charge in [-0.05, 0) is 66.8 Å². The molecule has 0 fully saturated rings. The first-order valence-electron chi connectivity index (χ1n) is 13.0. The maximum absolute atomic E-state index is 6.77. The van der Waals surface area contributed by atoms with E-state index >= 15 is 0 Å². The average molecular weight is 482 g/mol. The molecule has 180 valence electrons. The summed E-state index contributed by atoms with van der Waals surface area (Å²) in [5, 5.41) is 2.32. The summed E-state index contributed by atoms with van der Waals surface area (Å²) >= 11 is 0. The predicted molar refractivity (Wildman–Crippen MR) is 152 cm³/mol. The van der Waals surface area contributed by atoms with Gasteiger partial charge in [-0.15, -0.1) is 0 Å². The van der Waals surface area contributed by atoms with E-state index in [1.54, 1.807) is 0 Å². The van der Waals surface area contributed by atoms with Crippen molar-refractivity contribution in [3.63, 3.8) is 0 Å². The fourth-order valence-corrected chi connectivity index (χ4v) is 5.93. The monoisotopic (exact) mass is 481 g/mol. The minimum Gasteiger partial charge on any atom is -0.454 e. The zero-order valence-corrected chi connectivity index (χ0v) is 21.2. The lowest BCUT2D eigenvalue weighted by atomic mass is 9.94. The lowest BCUT2D eigenvalue weighted by molar-refractivity contribution is -0.660. The van der Waals surface area contributed by atoms with Gasteiger partial charge < -0.3 is 9.32 Å². The largest absolute Gasteiger partial charge is 0.454 e. The van der Waals surface area contributed by atoms with Gasteiger partial charge in [0.25, 0.3) is 0 Å². The van der Waals surface area contributed by atoms with E-state index in [1.165, 1.54) is 28.1 Å². The number of hydrogen-bond donors (Lipinski definition) is 0. The summed E-state index contributed by atoms with van der Waals surface area (Å²) in [6.07, 6.45) is 4.33. The van der Waals surface area contributed by atoms with Crippen LogP contribution in [0.3, 0.4) is 0 Å². The molecule has 6 aromatic rings. The van der Waals surface area contributed by atoms with Gasteiger partial charge in [-0.2, -0.15) is 0 Å². The number of aryl methyl sites for hydroxylation is 3. The van der Waals surface area contributed by atoms with Gasteiger partial charge in [-0.3, -0.25) is 0 Å². The molecule has 0 amide bonds. The average Bonchev–Trinajstić information content (AvgIpc) is 3.32. The van der Waals surface area contributed by atoms with Crippen LogP contribution in [0.2, 0.25) is 0 Å². The predicted octanol–water partition coefficient (Wildman–Crippen LogP) is 8.14. The van der Waals surface area contributed by atoms with Crippen LogP contribution in [0.5, 0.6) is 0 Å². The van der Waals surface area contributed by atoms with Gasteiger partial charge in [0.15, 0.2) is 6.20 Å². The van der Waals surface area contributed by atoms with Gasteiger partial charge in [0.1, 0.15) is 18.2 Å². The summed E-state index contributed by atoms with van der Waals surface area (Å²) < 4.78 is 8.93. The molecule has 1 aliphatic rings. The highest BCUT2D eigenvalue weighted by atomic mass is 16.3. The van der Waals surface area contributed by atoms with Crippen LogP contribution >= 0.6 is 0 Å². The maximum atomic E-state index is 6.77. The molecule has 0 radical (unpaired) electrons. The molecular formula is C34H29N2O+. The number of aromatic nitrogens is 1. The first kappa shape index (κ1) is 21.9. The molecule has 3 nitrogen and oxygen atoms in total. The Bertz CT molecular complexity index is 1780. The van der Waals surface area contributed by atoms with Gasteiger partial charge in [-0.25, -0.2) is 4.57 Å². The number of hydrogen-bond acceptors (Lipinski definition) is 2. The Labute approximate surface area is 217 Å². The number of fused-ring (bicyclic) bond motifs is 4. The highest BCUT2D eigenvalue weighted by Crippen LogP contribution is 2.42. The van der Waals surface area contributed by atoms with Gasteiger partial charge >= 0.3 is 0 Å². The van der Waals surface area contributed by atoms with Crippen molar-refractivity contribution in [1.29, 1.82) is 0 Å². The Morgan fingerprint density at radius 3 is 2.49 bits per heavy atom. The molecular weight excluding hydrogens is 452 g/mol. The third-order valence-electron chi connectivity index (χ3n) is 7.76. The fraction of sp³-hybridized carbons (Fsp3) is 0.147. The molecule has 7 rings (SSSR count). The molecule has 3 heteroatoms. The third kappa shape index (κ3) is 3.54. The van der Waals surface area contributed by atoms with E-state index in [2.05, 4.69) is 127 Å². The lowest BCUT2D eigenvalue weighted by Gasteiger charge is -2.31. The molecule has 0 saturated heterocycles. The number of benzene rings is 4. The van der Waals surface area contributed by atoms with Gasteiger partial charge in [0.05, 0.1) is 5.56 Å². The zero-order valence-electron chi connectivity index (χ0n) is 21.2. The summed E-state index contributed by atoms with van der Waals surface area (Å²) in [5.41, 5.74) is 11.8. The van der Waals surface area contributed by atoms with Crippen molar-refractivity contribution in [2.75, 3.05) is 11.4 Å². The van der Waals surface area contributed by atoms with E-state index in [9.17, 15) is 0 Å². The first-order chi connectivity index (χ1) is 18.2. The van der Waals surface area contributed by atoms with E-state index in [4.69, 9.17) is 4.42 Å². The number of pyridine rings is 1. The molecule has 3 heterocycles. The lowest BCUT2D eigenvalue weighted by Crippen LogP contribution is -2.30. The number of furan rings is 1. The van der Waals surface area contributed by atoms with Crippen LogP contribution in [0.15, 0.2) is 108 Å². The number of nitrogens with zero attached hydrogens (tertiary/aromatic N) is 2. The number of rotatable bonds is 3. The summed E-state index contributed by atoms with van der Waals surface area (Å²) in [4.78, 5) is 2.44. The standard InChI is InChI=1S/C34H29N2O/c1-23-16-18-29-28-14-8-13-27(33(28)37-34(29)32(23)31-15-6-7-20-35(31)2)24-17-19-30-25(22-24)10-9-21-36(30)26-11-4-3-5-12-26/h3-8,11-20,22H,9-10,21H2,1-2H3/q+1. The normalized spacial score (nSPS) is 13.3. The molecule has 0 unspecified atom stereocenters. The van der Waals surface area contributed by atoms with E-state index in [0.29, 0.717) is 0 Å². The van der Waals surface area contributed by atoms with Crippen molar-refractivity contribution in [3.05, 3.63) is 114 Å². The smallest absolute Gasteiger partial charge is 0.216 e. The van der Waals surface area contributed by atoms with Crippen molar-refractivity contribution < 1.29 is 8.98 Å². The quantitative estimate of drug-likeness (QED) is 0.238. The van der Waals surface area contributed by atoms with Crippen molar-refractivity contribution >= 4 is 33.3 Å². The van der Waals surface area contributed by atoms with E-state index in [1.807, 2.05) is 0 Å². The van der Waals surface area contributed by atoms with Crippen LogP contribution < -0.4 is 9.47 Å². The van der Waals surface area contributed by atoms with Crippen LogP contribution in [-0.4, -0.2) is 6.54 Å². The van der Waals surface area contributed by atoms with E-state index in [0.717, 1.165) is 58.1 Å². The Kier molecular flexibility index (Phi) is 5.10. The Hall–Kier alpha value is -4.37. The number of para-hydroxylation sites is 2. The molecule has 37 heavy (non-hydrogen) atoms. The minimum atomic E-state index is 0.956. The second kappa shape index (κ2) is 8.63. The van der Waals surface area contributed by atoms with Crippen molar-refractivity contribution in [2.24, 2.45) is 7.05 Å². The molecule has 0 N–H and O–H groups in total. The van der Waals surface area contributed by atoms with Crippen molar-refractivity contribution in [3.8, 4) is 22.4 Å². The summed E-state index contributed by atoms with van der Waals surface area (Å²) in [5.74, 6) is 0. The van der Waals surface area contributed by atoms with Gasteiger partial charge in [-0.1, -0.05) is 54.6 Å². The Morgan fingerprint density at radius 2 is 1.62 bits per heavy atom. The second-order valence-corrected chi connectivity index (χ2v) is 10.0. The van der Waals surface area contributed by atoms with Crippen LogP contribution in [0.1, 0.15) is 17.5 Å². The summed E-state index contributed by atoms with van der Waals surface area (Å²) in [7, 11) is 2.09. The highest BCUT2D eigenvalue weighted by Gasteiger charge is 2.23.